The molecule has 1 unspecified atom stereocenters. The number of carbonyl (C=O) groups excluding carboxylic acids is 1. The lowest BCUT2D eigenvalue weighted by molar-refractivity contribution is -0.130. The van der Waals surface area contributed by atoms with E-state index in [1.165, 1.54) is 0 Å². The average molecular weight is 264 g/mol. The van der Waals surface area contributed by atoms with Crippen LogP contribution in [0.3, 0.4) is 0 Å². The summed E-state index contributed by atoms with van der Waals surface area (Å²) in [5.41, 5.74) is 1.04. The molecule has 2 aliphatic rings. The Morgan fingerprint density at radius 2 is 2.21 bits per heavy atom. The van der Waals surface area contributed by atoms with E-state index in [4.69, 9.17) is 9.47 Å². The molecule has 0 aliphatic carbocycles. The van der Waals surface area contributed by atoms with Crippen LogP contribution in [0.4, 0.5) is 0 Å². The Bertz CT molecular complexity index is 492. The Hall–Kier alpha value is -1.79. The monoisotopic (exact) mass is 264 g/mol. The quantitative estimate of drug-likeness (QED) is 0.785. The summed E-state index contributed by atoms with van der Waals surface area (Å²) < 4.78 is 10.6. The topological polar surface area (TPSA) is 71.0 Å². The number of benzene rings is 1. The van der Waals surface area contributed by atoms with Crippen LogP contribution in [0, 0.1) is 0 Å². The van der Waals surface area contributed by atoms with Crippen LogP contribution in [0.15, 0.2) is 18.2 Å². The maximum absolute atomic E-state index is 11.7. The molecule has 3 rings (SSSR count). The van der Waals surface area contributed by atoms with Crippen molar-refractivity contribution in [3.05, 3.63) is 23.8 Å². The molecule has 1 aromatic rings. The Morgan fingerprint density at radius 1 is 1.37 bits per heavy atom. The van der Waals surface area contributed by atoms with Crippen molar-refractivity contribution >= 4 is 5.91 Å². The van der Waals surface area contributed by atoms with Gasteiger partial charge in [-0.25, -0.2) is 0 Å². The number of hydrogen-bond acceptors (Lipinski definition) is 5. The highest BCUT2D eigenvalue weighted by Gasteiger charge is 2.29. The number of fused-ring (bicyclic) bond motifs is 1. The summed E-state index contributed by atoms with van der Waals surface area (Å²) in [5.74, 6) is 1.37. The highest BCUT2D eigenvalue weighted by molar-refractivity contribution is 5.82. The molecule has 1 fully saturated rings. The number of aliphatic hydroxyl groups excluding tert-OH is 1. The second-order valence-corrected chi connectivity index (χ2v) is 4.65. The number of aliphatic hydroxyl groups is 1. The van der Waals surface area contributed by atoms with E-state index in [-0.39, 0.29) is 19.3 Å². The van der Waals surface area contributed by atoms with Gasteiger partial charge in [0.25, 0.3) is 0 Å². The normalized spacial score (nSPS) is 22.4. The van der Waals surface area contributed by atoms with Gasteiger partial charge in [0.1, 0.15) is 6.04 Å². The van der Waals surface area contributed by atoms with Crippen molar-refractivity contribution < 1.29 is 19.4 Å². The van der Waals surface area contributed by atoms with Gasteiger partial charge in [-0.1, -0.05) is 6.07 Å². The molecule has 0 aromatic heterocycles. The number of hydrogen-bond donors (Lipinski definition) is 2. The van der Waals surface area contributed by atoms with Gasteiger partial charge in [-0.2, -0.15) is 0 Å². The van der Waals surface area contributed by atoms with Crippen LogP contribution in [-0.2, 0) is 11.3 Å². The SMILES string of the molecule is O=C1NCCN(Cc2ccc3c(c2)OCO3)C1CO. The molecule has 0 saturated carbocycles. The van der Waals surface area contributed by atoms with Crippen molar-refractivity contribution in [2.45, 2.75) is 12.6 Å². The average Bonchev–Trinajstić information content (AvgIpc) is 2.86. The van der Waals surface area contributed by atoms with E-state index < -0.39 is 6.04 Å². The van der Waals surface area contributed by atoms with Crippen molar-refractivity contribution in [1.29, 1.82) is 0 Å². The molecule has 6 heteroatoms. The fourth-order valence-corrected chi connectivity index (χ4v) is 2.42. The highest BCUT2D eigenvalue weighted by Crippen LogP contribution is 2.32. The molecule has 1 amide bonds. The summed E-state index contributed by atoms with van der Waals surface area (Å²) in [6, 6.07) is 5.27. The first kappa shape index (κ1) is 12.3. The highest BCUT2D eigenvalue weighted by atomic mass is 16.7. The van der Waals surface area contributed by atoms with Crippen LogP contribution >= 0.6 is 0 Å². The minimum absolute atomic E-state index is 0.116. The number of rotatable bonds is 3. The lowest BCUT2D eigenvalue weighted by Gasteiger charge is -2.33. The van der Waals surface area contributed by atoms with E-state index in [0.29, 0.717) is 13.1 Å². The number of ether oxygens (including phenoxy) is 2. The Balaban J connectivity index is 1.75. The zero-order chi connectivity index (χ0) is 13.2. The fourth-order valence-electron chi connectivity index (χ4n) is 2.42. The molecular formula is C13H16N2O4. The Kier molecular flexibility index (Phi) is 3.27. The van der Waals surface area contributed by atoms with Crippen molar-refractivity contribution in [2.75, 3.05) is 26.5 Å². The third-order valence-corrected chi connectivity index (χ3v) is 3.44. The van der Waals surface area contributed by atoms with Crippen molar-refractivity contribution in [2.24, 2.45) is 0 Å². The summed E-state index contributed by atoms with van der Waals surface area (Å²) in [7, 11) is 0. The molecule has 0 bridgehead atoms. The summed E-state index contributed by atoms with van der Waals surface area (Å²) in [6.07, 6.45) is 0. The number of carbonyl (C=O) groups is 1. The van der Waals surface area contributed by atoms with Gasteiger partial charge in [0, 0.05) is 19.6 Å². The minimum atomic E-state index is -0.473. The second kappa shape index (κ2) is 5.07. The van der Waals surface area contributed by atoms with E-state index in [9.17, 15) is 9.90 Å². The van der Waals surface area contributed by atoms with Crippen molar-refractivity contribution in [3.63, 3.8) is 0 Å². The maximum Gasteiger partial charge on any atom is 0.239 e. The van der Waals surface area contributed by atoms with E-state index in [1.807, 2.05) is 23.1 Å². The zero-order valence-electron chi connectivity index (χ0n) is 10.5. The summed E-state index contributed by atoms with van der Waals surface area (Å²) in [6.45, 7) is 2.03. The summed E-state index contributed by atoms with van der Waals surface area (Å²) >= 11 is 0. The first-order chi connectivity index (χ1) is 9.28. The van der Waals surface area contributed by atoms with Gasteiger partial charge in [0.05, 0.1) is 6.61 Å². The van der Waals surface area contributed by atoms with Gasteiger partial charge in [-0.15, -0.1) is 0 Å². The van der Waals surface area contributed by atoms with Gasteiger partial charge in [-0.3, -0.25) is 9.69 Å². The number of piperazine rings is 1. The van der Waals surface area contributed by atoms with Crippen LogP contribution in [0.2, 0.25) is 0 Å². The largest absolute Gasteiger partial charge is 0.454 e. The predicted octanol–water partition coefficient (Wildman–Crippen LogP) is -0.292. The Morgan fingerprint density at radius 3 is 3.05 bits per heavy atom. The molecule has 0 spiro atoms. The molecule has 102 valence electrons. The van der Waals surface area contributed by atoms with E-state index in [1.54, 1.807) is 0 Å². The van der Waals surface area contributed by atoms with E-state index in [2.05, 4.69) is 5.32 Å². The smallest absolute Gasteiger partial charge is 0.239 e. The molecule has 0 radical (unpaired) electrons. The third-order valence-electron chi connectivity index (χ3n) is 3.44. The predicted molar refractivity (Wildman–Crippen MR) is 66.9 cm³/mol. The molecule has 1 aromatic carbocycles. The number of nitrogens with zero attached hydrogens (tertiary/aromatic N) is 1. The van der Waals surface area contributed by atoms with Crippen molar-refractivity contribution in [1.82, 2.24) is 10.2 Å². The van der Waals surface area contributed by atoms with Crippen LogP contribution in [0.25, 0.3) is 0 Å². The molecule has 1 saturated heterocycles. The molecule has 19 heavy (non-hydrogen) atoms. The second-order valence-electron chi connectivity index (χ2n) is 4.65. The van der Waals surface area contributed by atoms with Crippen LogP contribution in [-0.4, -0.2) is 48.4 Å². The van der Waals surface area contributed by atoms with Crippen LogP contribution in [0.1, 0.15) is 5.56 Å². The van der Waals surface area contributed by atoms with E-state index >= 15 is 0 Å². The summed E-state index contributed by atoms with van der Waals surface area (Å²) in [4.78, 5) is 13.6. The van der Waals surface area contributed by atoms with Gasteiger partial charge in [0.15, 0.2) is 11.5 Å². The van der Waals surface area contributed by atoms with E-state index in [0.717, 1.165) is 23.6 Å². The Labute approximate surface area is 110 Å². The fraction of sp³-hybridized carbons (Fsp3) is 0.462. The van der Waals surface area contributed by atoms with Gasteiger partial charge < -0.3 is 19.9 Å². The third kappa shape index (κ3) is 2.36. The standard InChI is InChI=1S/C13H16N2O4/c16-7-10-13(17)14-3-4-15(10)6-9-1-2-11-12(5-9)19-8-18-11/h1-2,5,10,16H,3-4,6-8H2,(H,14,17). The summed E-state index contributed by atoms with van der Waals surface area (Å²) in [5, 5.41) is 12.1. The first-order valence-corrected chi connectivity index (χ1v) is 6.29. The molecular weight excluding hydrogens is 248 g/mol. The van der Waals surface area contributed by atoms with Gasteiger partial charge in [-0.05, 0) is 17.7 Å². The van der Waals surface area contributed by atoms with Crippen LogP contribution < -0.4 is 14.8 Å². The molecule has 1 atom stereocenters. The number of amides is 1. The lowest BCUT2D eigenvalue weighted by atomic mass is 10.1. The first-order valence-electron chi connectivity index (χ1n) is 6.29. The molecule has 2 heterocycles. The molecule has 6 nitrogen and oxygen atoms in total. The number of nitrogens with one attached hydrogen (secondary N) is 1. The van der Waals surface area contributed by atoms with Crippen molar-refractivity contribution in [3.8, 4) is 11.5 Å². The van der Waals surface area contributed by atoms with Gasteiger partial charge in [0.2, 0.25) is 12.7 Å². The van der Waals surface area contributed by atoms with Gasteiger partial charge >= 0.3 is 0 Å². The zero-order valence-corrected chi connectivity index (χ0v) is 10.5. The molecule has 2 N–H and O–H groups in total. The van der Waals surface area contributed by atoms with Crippen LogP contribution in [0.5, 0.6) is 11.5 Å². The maximum atomic E-state index is 11.7. The minimum Gasteiger partial charge on any atom is -0.454 e. The molecule has 2 aliphatic heterocycles. The lowest BCUT2D eigenvalue weighted by Crippen LogP contribution is -2.56.